The van der Waals surface area contributed by atoms with Gasteiger partial charge in [0.1, 0.15) is 6.29 Å². The van der Waals surface area contributed by atoms with Gasteiger partial charge in [0.2, 0.25) is 5.78 Å². The van der Waals surface area contributed by atoms with E-state index in [1.54, 1.807) is 6.92 Å². The molecular weight excluding hydrogens is 159 g/mol. The van der Waals surface area contributed by atoms with Crippen LogP contribution in [0.1, 0.15) is 13.3 Å². The molecule has 0 aliphatic heterocycles. The maximum atomic E-state index is 10.4. The van der Waals surface area contributed by atoms with Crippen LogP contribution in [-0.4, -0.2) is 54.2 Å². The second-order valence-electron chi connectivity index (χ2n) is 1.51. The van der Waals surface area contributed by atoms with Crippen LogP contribution in [0.5, 0.6) is 0 Å². The van der Waals surface area contributed by atoms with E-state index >= 15 is 0 Å². The first-order valence-corrected chi connectivity index (χ1v) is 2.86. The van der Waals surface area contributed by atoms with Crippen LogP contribution in [0.25, 0.3) is 0 Å². The van der Waals surface area contributed by atoms with Gasteiger partial charge in [-0.2, -0.15) is 0 Å². The molecule has 0 spiro atoms. The summed E-state index contributed by atoms with van der Waals surface area (Å²) in [5.41, 5.74) is 0. The average molecular weight is 168 g/mol. The van der Waals surface area contributed by atoms with Crippen molar-refractivity contribution in [3.8, 4) is 0 Å². The summed E-state index contributed by atoms with van der Waals surface area (Å²) in [5, 5.41) is 0. The van der Waals surface area contributed by atoms with Gasteiger partial charge in [-0.25, -0.2) is 4.79 Å². The summed E-state index contributed by atoms with van der Waals surface area (Å²) in [5.74, 6) is -1.73. The Balaban J connectivity index is 0. The number of Topliss-reactive ketones (excluding diaryl/α,β-unsaturated/α-hetero) is 1. The number of ketones is 1. The summed E-state index contributed by atoms with van der Waals surface area (Å²) in [4.78, 5) is 30.5. The van der Waals surface area contributed by atoms with Crippen LogP contribution in [0.4, 0.5) is 0 Å². The topological polar surface area (TPSA) is 60.4 Å². The standard InChI is InChI=1S/C6H8O4.Na.H/c1-2-10-6(9)5(8)3-4-7;;/h4H,2-3H2,1H3;;. The molecule has 0 heterocycles. The first-order valence-electron chi connectivity index (χ1n) is 2.86. The molecule has 0 atom stereocenters. The molecule has 0 aliphatic rings. The molecule has 5 heteroatoms. The maximum absolute atomic E-state index is 10.4. The number of hydrogen-bond acceptors (Lipinski definition) is 4. The van der Waals surface area contributed by atoms with E-state index in [-0.39, 0.29) is 36.2 Å². The predicted octanol–water partition coefficient (Wildman–Crippen LogP) is -0.941. The first-order chi connectivity index (χ1) is 4.72. The Bertz CT molecular complexity index is 155. The van der Waals surface area contributed by atoms with E-state index in [1.165, 1.54) is 0 Å². The van der Waals surface area contributed by atoms with Crippen LogP contribution in [0.15, 0.2) is 0 Å². The van der Waals surface area contributed by atoms with Crippen LogP contribution < -0.4 is 0 Å². The fraction of sp³-hybridized carbons (Fsp3) is 0.500. The Morgan fingerprint density at radius 2 is 2.00 bits per heavy atom. The third kappa shape index (κ3) is 6.22. The molecule has 4 nitrogen and oxygen atoms in total. The fourth-order valence-electron chi connectivity index (χ4n) is 0.371. The number of hydrogen-bond donors (Lipinski definition) is 0. The zero-order valence-corrected chi connectivity index (χ0v) is 5.62. The van der Waals surface area contributed by atoms with E-state index < -0.39 is 18.2 Å². The number of carbonyl (C=O) groups is 3. The zero-order valence-electron chi connectivity index (χ0n) is 5.62. The molecule has 0 rings (SSSR count). The number of aldehydes is 1. The summed E-state index contributed by atoms with van der Waals surface area (Å²) in [6, 6.07) is 0. The van der Waals surface area contributed by atoms with Crippen molar-refractivity contribution in [3.63, 3.8) is 0 Å². The van der Waals surface area contributed by atoms with Crippen molar-refractivity contribution in [3.05, 3.63) is 0 Å². The monoisotopic (exact) mass is 168 g/mol. The fourth-order valence-corrected chi connectivity index (χ4v) is 0.371. The van der Waals surface area contributed by atoms with Gasteiger partial charge in [0.05, 0.1) is 13.0 Å². The van der Waals surface area contributed by atoms with Gasteiger partial charge in [-0.05, 0) is 6.92 Å². The molecule has 0 saturated carbocycles. The van der Waals surface area contributed by atoms with Crippen LogP contribution in [-0.2, 0) is 19.1 Å². The molecular formula is C6H9NaO4. The van der Waals surface area contributed by atoms with Gasteiger partial charge < -0.3 is 9.53 Å². The van der Waals surface area contributed by atoms with Crippen LogP contribution >= 0.6 is 0 Å². The number of carbonyl (C=O) groups excluding carboxylic acids is 3. The molecule has 58 valence electrons. The summed E-state index contributed by atoms with van der Waals surface area (Å²) < 4.78 is 4.31. The number of rotatable bonds is 4. The number of ether oxygens (including phenoxy) is 1. The van der Waals surface area contributed by atoms with Crippen molar-refractivity contribution < 1.29 is 19.1 Å². The second-order valence-corrected chi connectivity index (χ2v) is 1.51. The van der Waals surface area contributed by atoms with Gasteiger partial charge in [-0.1, -0.05) is 0 Å². The SMILES string of the molecule is CCOC(=O)C(=O)CC=O.[NaH]. The molecule has 0 N–H and O–H groups in total. The van der Waals surface area contributed by atoms with Gasteiger partial charge in [0.15, 0.2) is 0 Å². The molecule has 0 fully saturated rings. The first kappa shape index (κ1) is 13.4. The van der Waals surface area contributed by atoms with E-state index in [2.05, 4.69) is 4.74 Å². The van der Waals surface area contributed by atoms with Crippen molar-refractivity contribution in [2.45, 2.75) is 13.3 Å². The Labute approximate surface area is 86.6 Å². The molecule has 0 radical (unpaired) electrons. The van der Waals surface area contributed by atoms with Gasteiger partial charge in [0, 0.05) is 0 Å². The van der Waals surface area contributed by atoms with Crippen molar-refractivity contribution in [2.24, 2.45) is 0 Å². The van der Waals surface area contributed by atoms with Crippen molar-refractivity contribution >= 4 is 47.6 Å². The zero-order chi connectivity index (χ0) is 7.98. The Morgan fingerprint density at radius 3 is 2.36 bits per heavy atom. The molecule has 0 unspecified atom stereocenters. The number of esters is 1. The summed E-state index contributed by atoms with van der Waals surface area (Å²) in [6.45, 7) is 1.75. The molecule has 0 aromatic rings. The molecule has 0 bridgehead atoms. The molecule has 0 saturated heterocycles. The van der Waals surface area contributed by atoms with Gasteiger partial charge in [-0.3, -0.25) is 4.79 Å². The average Bonchev–Trinajstić information content (AvgIpc) is 1.89. The summed E-state index contributed by atoms with van der Waals surface area (Å²) in [6.07, 6.45) is -0.0158. The Kier molecular flexibility index (Phi) is 9.64. The Morgan fingerprint density at radius 1 is 1.45 bits per heavy atom. The van der Waals surface area contributed by atoms with E-state index in [9.17, 15) is 14.4 Å². The molecule has 0 aliphatic carbocycles. The van der Waals surface area contributed by atoms with Crippen LogP contribution in [0.3, 0.4) is 0 Å². The molecule has 0 aromatic heterocycles. The molecule has 0 amide bonds. The van der Waals surface area contributed by atoms with Gasteiger partial charge in [-0.15, -0.1) is 0 Å². The van der Waals surface area contributed by atoms with Crippen LogP contribution in [0, 0.1) is 0 Å². The Hall–Kier alpha value is -0.190. The molecule has 11 heavy (non-hydrogen) atoms. The van der Waals surface area contributed by atoms with E-state index in [0.717, 1.165) is 0 Å². The minimum absolute atomic E-state index is 0. The predicted molar refractivity (Wildman–Crippen MR) is 39.5 cm³/mol. The van der Waals surface area contributed by atoms with Gasteiger partial charge in [0.25, 0.3) is 0 Å². The van der Waals surface area contributed by atoms with E-state index in [1.807, 2.05) is 0 Å². The normalized spacial score (nSPS) is 7.73. The molecule has 0 aromatic carbocycles. The van der Waals surface area contributed by atoms with Crippen molar-refractivity contribution in [2.75, 3.05) is 6.61 Å². The van der Waals surface area contributed by atoms with Crippen molar-refractivity contribution in [1.29, 1.82) is 0 Å². The van der Waals surface area contributed by atoms with Gasteiger partial charge >= 0.3 is 35.5 Å². The van der Waals surface area contributed by atoms with E-state index in [0.29, 0.717) is 6.29 Å². The van der Waals surface area contributed by atoms with E-state index in [4.69, 9.17) is 0 Å². The summed E-state index contributed by atoms with van der Waals surface area (Å²) in [7, 11) is 0. The summed E-state index contributed by atoms with van der Waals surface area (Å²) >= 11 is 0. The minimum atomic E-state index is -0.936. The quantitative estimate of drug-likeness (QED) is 0.179. The third-order valence-electron chi connectivity index (χ3n) is 0.772. The second kappa shape index (κ2) is 7.91. The van der Waals surface area contributed by atoms with Crippen molar-refractivity contribution in [1.82, 2.24) is 0 Å². The van der Waals surface area contributed by atoms with Crippen LogP contribution in [0.2, 0.25) is 0 Å². The third-order valence-corrected chi connectivity index (χ3v) is 0.772.